The Morgan fingerprint density at radius 3 is 2.77 bits per heavy atom. The Balaban J connectivity index is 2.48. The predicted octanol–water partition coefficient (Wildman–Crippen LogP) is -1.84. The maximum absolute atomic E-state index is 10.9. The summed E-state index contributed by atoms with van der Waals surface area (Å²) in [4.78, 5) is 21.5. The minimum Gasteiger partial charge on any atom is -0.481 e. The third-order valence-corrected chi connectivity index (χ3v) is 1.93. The first kappa shape index (κ1) is 9.94. The van der Waals surface area contributed by atoms with Crippen LogP contribution in [0.15, 0.2) is 0 Å². The average Bonchev–Trinajstić information content (AvgIpc) is 2.52. The smallest absolute Gasteiger partial charge is 0.311 e. The number of rotatable bonds is 3. The van der Waals surface area contributed by atoms with Crippen LogP contribution in [0.4, 0.5) is 0 Å². The largest absolute Gasteiger partial charge is 0.481 e. The molecule has 0 aromatic carbocycles. The van der Waals surface area contributed by atoms with Gasteiger partial charge >= 0.3 is 5.97 Å². The minimum absolute atomic E-state index is 0.136. The molecule has 1 saturated heterocycles. The van der Waals surface area contributed by atoms with Crippen LogP contribution in [0.1, 0.15) is 0 Å². The molecule has 2 atom stereocenters. The van der Waals surface area contributed by atoms with E-state index in [1.54, 1.807) is 0 Å². The van der Waals surface area contributed by atoms with Gasteiger partial charge in [-0.1, -0.05) is 0 Å². The highest BCUT2D eigenvalue weighted by atomic mass is 16.5. The number of carboxylic acid groups (broad SMARTS) is 1. The summed E-state index contributed by atoms with van der Waals surface area (Å²) in [5.74, 6) is -1.97. The molecule has 6 nitrogen and oxygen atoms in total. The van der Waals surface area contributed by atoms with E-state index in [9.17, 15) is 9.59 Å². The van der Waals surface area contributed by atoms with Gasteiger partial charge in [-0.05, 0) is 0 Å². The lowest BCUT2D eigenvalue weighted by atomic mass is 10.0. The maximum atomic E-state index is 10.9. The van der Waals surface area contributed by atoms with Gasteiger partial charge in [0.05, 0.1) is 25.8 Å². The van der Waals surface area contributed by atoms with Crippen LogP contribution < -0.4 is 11.1 Å². The quantitative estimate of drug-likeness (QED) is 0.483. The van der Waals surface area contributed by atoms with Crippen molar-refractivity contribution in [2.75, 3.05) is 19.8 Å². The highest BCUT2D eigenvalue weighted by molar-refractivity contribution is 5.79. The van der Waals surface area contributed by atoms with E-state index in [4.69, 9.17) is 15.6 Å². The molecule has 2 unspecified atom stereocenters. The van der Waals surface area contributed by atoms with Crippen molar-refractivity contribution in [2.45, 2.75) is 6.04 Å². The van der Waals surface area contributed by atoms with E-state index in [1.807, 2.05) is 0 Å². The number of hydrogen-bond acceptors (Lipinski definition) is 4. The van der Waals surface area contributed by atoms with Gasteiger partial charge in [-0.15, -0.1) is 0 Å². The number of carboxylic acids is 1. The summed E-state index contributed by atoms with van der Waals surface area (Å²) >= 11 is 0. The van der Waals surface area contributed by atoms with Gasteiger partial charge in [-0.25, -0.2) is 0 Å². The number of nitrogens with two attached hydrogens (primary N) is 1. The zero-order chi connectivity index (χ0) is 9.84. The van der Waals surface area contributed by atoms with Crippen molar-refractivity contribution >= 4 is 11.9 Å². The summed E-state index contributed by atoms with van der Waals surface area (Å²) in [6.07, 6.45) is 0. The molecule has 6 heteroatoms. The van der Waals surface area contributed by atoms with Gasteiger partial charge in [0.15, 0.2) is 0 Å². The van der Waals surface area contributed by atoms with Crippen molar-refractivity contribution < 1.29 is 19.4 Å². The molecule has 1 fully saturated rings. The van der Waals surface area contributed by atoms with Crippen LogP contribution in [0.2, 0.25) is 0 Å². The molecular formula is C7H12N2O4. The molecule has 74 valence electrons. The third kappa shape index (κ3) is 2.40. The van der Waals surface area contributed by atoms with E-state index >= 15 is 0 Å². The molecule has 0 saturated carbocycles. The molecule has 1 heterocycles. The number of hydrogen-bond donors (Lipinski definition) is 3. The standard InChI is InChI=1S/C7H12N2O4/c8-1-6(10)9-5-3-13-2-4(5)7(11)12/h4-5H,1-3,8H2,(H,9,10)(H,11,12). The van der Waals surface area contributed by atoms with Crippen molar-refractivity contribution in [3.63, 3.8) is 0 Å². The van der Waals surface area contributed by atoms with Crippen molar-refractivity contribution in [1.82, 2.24) is 5.32 Å². The van der Waals surface area contributed by atoms with Gasteiger partial charge in [-0.2, -0.15) is 0 Å². The summed E-state index contributed by atoms with van der Waals surface area (Å²) in [6.45, 7) is 0.246. The molecule has 1 aliphatic rings. The second kappa shape index (κ2) is 4.20. The Labute approximate surface area is 75.0 Å². The van der Waals surface area contributed by atoms with Crippen molar-refractivity contribution in [3.8, 4) is 0 Å². The highest BCUT2D eigenvalue weighted by Gasteiger charge is 2.34. The number of nitrogens with one attached hydrogen (secondary N) is 1. The first-order valence-corrected chi connectivity index (χ1v) is 3.95. The fourth-order valence-corrected chi connectivity index (χ4v) is 1.21. The lowest BCUT2D eigenvalue weighted by molar-refractivity contribution is -0.142. The van der Waals surface area contributed by atoms with Crippen molar-refractivity contribution in [2.24, 2.45) is 11.7 Å². The van der Waals surface area contributed by atoms with E-state index in [-0.39, 0.29) is 25.7 Å². The lowest BCUT2D eigenvalue weighted by Gasteiger charge is -2.14. The van der Waals surface area contributed by atoms with Crippen LogP contribution in [0.3, 0.4) is 0 Å². The number of ether oxygens (including phenoxy) is 1. The number of amides is 1. The van der Waals surface area contributed by atoms with Crippen LogP contribution in [-0.4, -0.2) is 42.8 Å². The number of carbonyl (C=O) groups is 2. The molecule has 1 rings (SSSR count). The molecule has 0 aliphatic carbocycles. The molecule has 0 bridgehead atoms. The van der Waals surface area contributed by atoms with Crippen LogP contribution in [0.5, 0.6) is 0 Å². The summed E-state index contributed by atoms with van der Waals surface area (Å²) in [5, 5.41) is 11.2. The van der Waals surface area contributed by atoms with Crippen LogP contribution in [-0.2, 0) is 14.3 Å². The molecule has 1 amide bonds. The van der Waals surface area contributed by atoms with E-state index in [0.717, 1.165) is 0 Å². The minimum atomic E-state index is -0.958. The number of aliphatic carboxylic acids is 1. The Hall–Kier alpha value is -1.14. The van der Waals surface area contributed by atoms with Crippen LogP contribution >= 0.6 is 0 Å². The Bertz CT molecular complexity index is 219. The van der Waals surface area contributed by atoms with Crippen LogP contribution in [0.25, 0.3) is 0 Å². The molecule has 0 spiro atoms. The summed E-state index contributed by atoms with van der Waals surface area (Å²) in [7, 11) is 0. The Morgan fingerprint density at radius 1 is 1.54 bits per heavy atom. The van der Waals surface area contributed by atoms with Gasteiger partial charge in [0, 0.05) is 0 Å². The number of carbonyl (C=O) groups excluding carboxylic acids is 1. The van der Waals surface area contributed by atoms with Gasteiger partial charge in [0.1, 0.15) is 5.92 Å². The third-order valence-electron chi connectivity index (χ3n) is 1.93. The predicted molar refractivity (Wildman–Crippen MR) is 42.9 cm³/mol. The van der Waals surface area contributed by atoms with E-state index in [2.05, 4.69) is 5.32 Å². The van der Waals surface area contributed by atoms with Crippen molar-refractivity contribution in [3.05, 3.63) is 0 Å². The van der Waals surface area contributed by atoms with Crippen molar-refractivity contribution in [1.29, 1.82) is 0 Å². The summed E-state index contributed by atoms with van der Waals surface area (Å²) in [6, 6.07) is -0.450. The lowest BCUT2D eigenvalue weighted by Crippen LogP contribution is -2.45. The Morgan fingerprint density at radius 2 is 2.23 bits per heavy atom. The van der Waals surface area contributed by atoms with E-state index < -0.39 is 17.9 Å². The second-order valence-corrected chi connectivity index (χ2v) is 2.86. The van der Waals surface area contributed by atoms with Crippen LogP contribution in [0, 0.1) is 5.92 Å². The van der Waals surface area contributed by atoms with Gasteiger partial charge < -0.3 is 20.9 Å². The molecular weight excluding hydrogens is 176 g/mol. The summed E-state index contributed by atoms with van der Waals surface area (Å²) < 4.78 is 4.94. The highest BCUT2D eigenvalue weighted by Crippen LogP contribution is 2.13. The average molecular weight is 188 g/mol. The Kier molecular flexibility index (Phi) is 3.21. The molecule has 0 aromatic rings. The second-order valence-electron chi connectivity index (χ2n) is 2.86. The zero-order valence-corrected chi connectivity index (χ0v) is 7.03. The van der Waals surface area contributed by atoms with E-state index in [0.29, 0.717) is 0 Å². The molecule has 0 radical (unpaired) electrons. The monoisotopic (exact) mass is 188 g/mol. The first-order valence-electron chi connectivity index (χ1n) is 3.95. The fraction of sp³-hybridized carbons (Fsp3) is 0.714. The molecule has 13 heavy (non-hydrogen) atoms. The molecule has 1 aliphatic heterocycles. The topological polar surface area (TPSA) is 102 Å². The van der Waals surface area contributed by atoms with Gasteiger partial charge in [-0.3, -0.25) is 9.59 Å². The normalized spacial score (nSPS) is 27.2. The summed E-state index contributed by atoms with van der Waals surface area (Å²) in [5.41, 5.74) is 5.07. The SMILES string of the molecule is NCC(=O)NC1COCC1C(=O)O. The van der Waals surface area contributed by atoms with Gasteiger partial charge in [0.2, 0.25) is 5.91 Å². The fourth-order valence-electron chi connectivity index (χ4n) is 1.21. The molecule has 4 N–H and O–H groups in total. The molecule has 0 aromatic heterocycles. The first-order chi connectivity index (χ1) is 6.15. The van der Waals surface area contributed by atoms with E-state index in [1.165, 1.54) is 0 Å². The zero-order valence-electron chi connectivity index (χ0n) is 7.03. The van der Waals surface area contributed by atoms with Gasteiger partial charge in [0.25, 0.3) is 0 Å². The maximum Gasteiger partial charge on any atom is 0.311 e.